The second-order valence-corrected chi connectivity index (χ2v) is 19.1. The molecule has 0 radical (unpaired) electrons. The summed E-state index contributed by atoms with van der Waals surface area (Å²) in [4.78, 5) is 41.0. The average molecular weight is 789 g/mol. The van der Waals surface area contributed by atoms with Crippen LogP contribution in [0.15, 0.2) is 48.7 Å². The fraction of sp³-hybridized carbons (Fsp3) is 0.630. The monoisotopic (exact) mass is 789 g/mol. The van der Waals surface area contributed by atoms with Crippen LogP contribution in [0.1, 0.15) is 135 Å². The van der Waals surface area contributed by atoms with Crippen LogP contribution in [-0.2, 0) is 32.0 Å². The van der Waals surface area contributed by atoms with E-state index in [1.165, 1.54) is 11.1 Å². The Kier molecular flexibility index (Phi) is 14.3. The third kappa shape index (κ3) is 12.9. The third-order valence-corrected chi connectivity index (χ3v) is 10.8. The molecule has 2 aliphatic rings. The fourth-order valence-electron chi connectivity index (χ4n) is 8.25. The first-order valence-electron chi connectivity index (χ1n) is 20.9. The summed E-state index contributed by atoms with van der Waals surface area (Å²) in [5.41, 5.74) is 4.02. The van der Waals surface area contributed by atoms with Crippen LogP contribution in [0.25, 0.3) is 10.9 Å². The summed E-state index contributed by atoms with van der Waals surface area (Å²) in [5.74, 6) is 0.461. The highest BCUT2D eigenvalue weighted by molar-refractivity contribution is 5.86. The Bertz CT molecular complexity index is 1820. The summed E-state index contributed by atoms with van der Waals surface area (Å²) >= 11 is 0. The van der Waals surface area contributed by atoms with Gasteiger partial charge in [0.25, 0.3) is 0 Å². The highest BCUT2D eigenvalue weighted by Gasteiger charge is 2.37. The number of fused-ring (bicyclic) bond motifs is 1. The van der Waals surface area contributed by atoms with Crippen molar-refractivity contribution in [1.29, 1.82) is 0 Å². The first-order chi connectivity index (χ1) is 26.8. The second-order valence-electron chi connectivity index (χ2n) is 19.1. The average Bonchev–Trinajstić information content (AvgIpc) is 3.45. The zero-order valence-electron chi connectivity index (χ0n) is 36.2. The molecule has 11 nitrogen and oxygen atoms in total. The highest BCUT2D eigenvalue weighted by atomic mass is 16.6. The molecule has 2 N–H and O–H groups in total. The standard InChI is InChI=1S/C46H68N4O7/c1-31-12-11-13-34(26-31)37(22-25-55-43(53)50(44(2,3)4)36-17-15-35(16-18-36)48-42(52)57-46(8,9)10)39-30-49(29-32-20-23-54-24-21-32)40-19-14-33(27-38(39)40)28-47-41(51)56-45(5,6)7/h11-14,19,26-27,30,32,35-37H,15-18,20-25,28-29H2,1-10H3,(H,47,51)(H,48,52). The van der Waals surface area contributed by atoms with Crippen molar-refractivity contribution >= 4 is 29.2 Å². The van der Waals surface area contributed by atoms with Gasteiger partial charge in [-0.15, -0.1) is 0 Å². The van der Waals surface area contributed by atoms with Crippen molar-refractivity contribution in [3.05, 3.63) is 70.9 Å². The number of amides is 3. The number of nitrogens with one attached hydrogen (secondary N) is 2. The molecule has 1 saturated carbocycles. The lowest BCUT2D eigenvalue weighted by Gasteiger charge is -2.43. The largest absolute Gasteiger partial charge is 0.449 e. The molecule has 1 saturated heterocycles. The summed E-state index contributed by atoms with van der Waals surface area (Å²) in [6, 6.07) is 15.0. The molecule has 3 aromatic rings. The molecule has 1 aliphatic carbocycles. The van der Waals surface area contributed by atoms with Gasteiger partial charge in [0, 0.05) is 66.9 Å². The van der Waals surface area contributed by atoms with Crippen molar-refractivity contribution in [2.24, 2.45) is 5.92 Å². The SMILES string of the molecule is Cc1cccc(C(CCOC(=O)N(C2CCC(NC(=O)OC(C)(C)C)CC2)C(C)(C)C)c2cn(CC3CCOCC3)c3ccc(CNC(=O)OC(C)(C)C)cc23)c1. The summed E-state index contributed by atoms with van der Waals surface area (Å²) in [6.07, 6.45) is 6.81. The number of alkyl carbamates (subject to hydrolysis) is 2. The lowest BCUT2D eigenvalue weighted by atomic mass is 9.87. The zero-order chi connectivity index (χ0) is 41.5. The van der Waals surface area contributed by atoms with Gasteiger partial charge in [0.05, 0.1) is 6.61 Å². The van der Waals surface area contributed by atoms with Crippen LogP contribution in [0, 0.1) is 12.8 Å². The van der Waals surface area contributed by atoms with Gasteiger partial charge in [-0.05, 0) is 149 Å². The number of carbonyl (C=O) groups excluding carboxylic acids is 3. The molecule has 2 fully saturated rings. The summed E-state index contributed by atoms with van der Waals surface area (Å²) in [6.45, 7) is 22.4. The Hall–Kier alpha value is -4.25. The Balaban J connectivity index is 1.37. The summed E-state index contributed by atoms with van der Waals surface area (Å²) < 4.78 is 25.3. The number of aromatic nitrogens is 1. The van der Waals surface area contributed by atoms with E-state index >= 15 is 0 Å². The fourth-order valence-corrected chi connectivity index (χ4v) is 8.25. The number of nitrogens with zero attached hydrogens (tertiary/aromatic N) is 2. The lowest BCUT2D eigenvalue weighted by molar-refractivity contribution is 0.0263. The van der Waals surface area contributed by atoms with E-state index in [4.69, 9.17) is 18.9 Å². The van der Waals surface area contributed by atoms with Crippen molar-refractivity contribution in [3.63, 3.8) is 0 Å². The number of aryl methyl sites for hydroxylation is 1. The molecular weight excluding hydrogens is 721 g/mol. The molecule has 11 heteroatoms. The van der Waals surface area contributed by atoms with Gasteiger partial charge in [-0.25, -0.2) is 14.4 Å². The molecule has 1 atom stereocenters. The van der Waals surface area contributed by atoms with E-state index in [0.29, 0.717) is 18.9 Å². The molecule has 314 valence electrons. The number of rotatable bonds is 11. The Labute approximate surface area is 340 Å². The number of ether oxygens (including phenoxy) is 4. The first kappa shape index (κ1) is 43.9. The molecule has 5 rings (SSSR count). The molecule has 0 bridgehead atoms. The van der Waals surface area contributed by atoms with E-state index in [1.54, 1.807) is 0 Å². The highest BCUT2D eigenvalue weighted by Crippen LogP contribution is 2.37. The van der Waals surface area contributed by atoms with Gasteiger partial charge >= 0.3 is 18.3 Å². The third-order valence-electron chi connectivity index (χ3n) is 10.8. The van der Waals surface area contributed by atoms with Crippen molar-refractivity contribution in [2.45, 2.75) is 162 Å². The van der Waals surface area contributed by atoms with Crippen LogP contribution < -0.4 is 10.6 Å². The van der Waals surface area contributed by atoms with Crippen molar-refractivity contribution in [2.75, 3.05) is 19.8 Å². The predicted octanol–water partition coefficient (Wildman–Crippen LogP) is 10.00. The normalized spacial score (nSPS) is 18.8. The molecule has 0 spiro atoms. The maximum absolute atomic E-state index is 14.1. The molecule has 1 aliphatic heterocycles. The second kappa shape index (κ2) is 18.6. The van der Waals surface area contributed by atoms with Crippen LogP contribution in [0.5, 0.6) is 0 Å². The van der Waals surface area contributed by atoms with E-state index in [2.05, 4.69) is 91.6 Å². The van der Waals surface area contributed by atoms with E-state index in [0.717, 1.165) is 80.3 Å². The molecule has 3 amide bonds. The lowest BCUT2D eigenvalue weighted by Crippen LogP contribution is -2.54. The van der Waals surface area contributed by atoms with Gasteiger partial charge in [-0.3, -0.25) is 0 Å². The van der Waals surface area contributed by atoms with Gasteiger partial charge in [-0.1, -0.05) is 35.9 Å². The molecule has 1 aromatic heterocycles. The van der Waals surface area contributed by atoms with E-state index in [9.17, 15) is 14.4 Å². The Morgan fingerprint density at radius 2 is 1.53 bits per heavy atom. The number of hydrogen-bond donors (Lipinski definition) is 2. The topological polar surface area (TPSA) is 120 Å². The molecule has 2 aromatic carbocycles. The van der Waals surface area contributed by atoms with Gasteiger partial charge in [0.15, 0.2) is 0 Å². The van der Waals surface area contributed by atoms with Crippen LogP contribution >= 0.6 is 0 Å². The van der Waals surface area contributed by atoms with Crippen LogP contribution in [-0.4, -0.2) is 76.4 Å². The van der Waals surface area contributed by atoms with Gasteiger partial charge in [0.2, 0.25) is 0 Å². The Morgan fingerprint density at radius 1 is 0.860 bits per heavy atom. The zero-order valence-corrected chi connectivity index (χ0v) is 36.2. The minimum absolute atomic E-state index is 0.00219. The number of benzene rings is 2. The predicted molar refractivity (Wildman–Crippen MR) is 225 cm³/mol. The smallest absolute Gasteiger partial charge is 0.410 e. The van der Waals surface area contributed by atoms with Gasteiger partial charge < -0.3 is 39.0 Å². The van der Waals surface area contributed by atoms with Gasteiger partial charge in [-0.2, -0.15) is 0 Å². The van der Waals surface area contributed by atoms with E-state index < -0.39 is 28.9 Å². The summed E-state index contributed by atoms with van der Waals surface area (Å²) in [5, 5.41) is 7.07. The Morgan fingerprint density at radius 3 is 2.16 bits per heavy atom. The van der Waals surface area contributed by atoms with E-state index in [-0.39, 0.29) is 30.7 Å². The van der Waals surface area contributed by atoms with Crippen LogP contribution in [0.2, 0.25) is 0 Å². The van der Waals surface area contributed by atoms with Crippen LogP contribution in [0.4, 0.5) is 14.4 Å². The minimum atomic E-state index is -0.586. The van der Waals surface area contributed by atoms with E-state index in [1.807, 2.05) is 46.4 Å². The maximum atomic E-state index is 14.1. The molecule has 57 heavy (non-hydrogen) atoms. The van der Waals surface area contributed by atoms with Crippen LogP contribution in [0.3, 0.4) is 0 Å². The number of carbonyl (C=O) groups is 3. The van der Waals surface area contributed by atoms with Crippen molar-refractivity contribution < 1.29 is 33.3 Å². The first-order valence-corrected chi connectivity index (χ1v) is 20.9. The van der Waals surface area contributed by atoms with Crippen molar-refractivity contribution in [1.82, 2.24) is 20.1 Å². The molecular formula is C46H68N4O7. The quantitative estimate of drug-likeness (QED) is 0.186. The minimum Gasteiger partial charge on any atom is -0.449 e. The van der Waals surface area contributed by atoms with Gasteiger partial charge in [0.1, 0.15) is 11.2 Å². The summed E-state index contributed by atoms with van der Waals surface area (Å²) in [7, 11) is 0. The van der Waals surface area contributed by atoms with Crippen molar-refractivity contribution in [3.8, 4) is 0 Å². The molecule has 1 unspecified atom stereocenters. The maximum Gasteiger partial charge on any atom is 0.410 e. The molecule has 2 heterocycles. The number of hydrogen-bond acceptors (Lipinski definition) is 7.